The van der Waals surface area contributed by atoms with Gasteiger partial charge in [-0.25, -0.2) is 4.99 Å². The highest BCUT2D eigenvalue weighted by Crippen LogP contribution is 2.17. The Morgan fingerprint density at radius 1 is 1.06 bits per heavy atom. The zero-order valence-electron chi connectivity index (χ0n) is 19.8. The molecule has 0 saturated carbocycles. The fourth-order valence-corrected chi connectivity index (χ4v) is 3.03. The molecule has 3 rings (SSSR count). The van der Waals surface area contributed by atoms with Crippen LogP contribution in [0.2, 0.25) is 0 Å². The van der Waals surface area contributed by atoms with Crippen LogP contribution < -0.4 is 20.1 Å². The number of para-hydroxylation sites is 1. The van der Waals surface area contributed by atoms with Crippen molar-refractivity contribution in [3.8, 4) is 11.5 Å². The van der Waals surface area contributed by atoms with Crippen LogP contribution in [0.3, 0.4) is 0 Å². The predicted molar refractivity (Wildman–Crippen MR) is 141 cm³/mol. The molecule has 1 aromatic heterocycles. The highest BCUT2D eigenvalue weighted by Gasteiger charge is 2.10. The van der Waals surface area contributed by atoms with Crippen molar-refractivity contribution >= 4 is 29.9 Å². The van der Waals surface area contributed by atoms with Crippen molar-refractivity contribution in [3.63, 3.8) is 0 Å². The molecule has 0 aliphatic rings. The predicted octanol–water partition coefficient (Wildman–Crippen LogP) is 3.76. The summed E-state index contributed by atoms with van der Waals surface area (Å²) in [5, 5.41) is 15.1. The van der Waals surface area contributed by atoms with Crippen LogP contribution in [0.25, 0.3) is 0 Å². The third kappa shape index (κ3) is 7.92. The summed E-state index contributed by atoms with van der Waals surface area (Å²) in [6.45, 7) is 7.65. The van der Waals surface area contributed by atoms with Crippen molar-refractivity contribution < 1.29 is 9.47 Å². The van der Waals surface area contributed by atoms with Gasteiger partial charge >= 0.3 is 0 Å². The molecule has 0 fully saturated rings. The van der Waals surface area contributed by atoms with Crippen LogP contribution >= 0.6 is 24.0 Å². The van der Waals surface area contributed by atoms with E-state index in [-0.39, 0.29) is 30.1 Å². The summed E-state index contributed by atoms with van der Waals surface area (Å²) in [6.07, 6.45) is -0.0406. The monoisotopic (exact) mass is 564 g/mol. The summed E-state index contributed by atoms with van der Waals surface area (Å²) in [7, 11) is 3.61. The van der Waals surface area contributed by atoms with Gasteiger partial charge in [0.2, 0.25) is 0 Å². The third-order valence-electron chi connectivity index (χ3n) is 5.15. The van der Waals surface area contributed by atoms with Gasteiger partial charge in [0.05, 0.1) is 26.7 Å². The maximum absolute atomic E-state index is 6.08. The van der Waals surface area contributed by atoms with Gasteiger partial charge in [-0.3, -0.25) is 0 Å². The SMILES string of the molecule is COc1ccc(CN=C(NCc2nnc(C)n2C)NCC(C)Oc2ccccc2C)cc1.I. The number of aromatic nitrogens is 3. The van der Waals surface area contributed by atoms with E-state index < -0.39 is 0 Å². The Morgan fingerprint density at radius 3 is 2.42 bits per heavy atom. The number of ether oxygens (including phenoxy) is 2. The average Bonchev–Trinajstić information content (AvgIpc) is 3.12. The minimum absolute atomic E-state index is 0. The highest BCUT2D eigenvalue weighted by atomic mass is 127. The Hall–Kier alpha value is -2.82. The zero-order valence-corrected chi connectivity index (χ0v) is 22.2. The summed E-state index contributed by atoms with van der Waals surface area (Å²) < 4.78 is 13.3. The van der Waals surface area contributed by atoms with E-state index in [1.165, 1.54) is 0 Å². The molecule has 8 nitrogen and oxygen atoms in total. The maximum Gasteiger partial charge on any atom is 0.192 e. The molecule has 1 unspecified atom stereocenters. The van der Waals surface area contributed by atoms with Gasteiger partial charge in [-0.05, 0) is 50.1 Å². The lowest BCUT2D eigenvalue weighted by atomic mass is 10.2. The number of methoxy groups -OCH3 is 1. The van der Waals surface area contributed by atoms with E-state index in [1.54, 1.807) is 7.11 Å². The number of hydrogen-bond acceptors (Lipinski definition) is 5. The van der Waals surface area contributed by atoms with Gasteiger partial charge in [-0.15, -0.1) is 34.2 Å². The minimum atomic E-state index is -0.0406. The Morgan fingerprint density at radius 2 is 1.79 bits per heavy atom. The molecular weight excluding hydrogens is 531 g/mol. The van der Waals surface area contributed by atoms with Crippen molar-refractivity contribution in [2.24, 2.45) is 12.0 Å². The summed E-state index contributed by atoms with van der Waals surface area (Å²) >= 11 is 0. The van der Waals surface area contributed by atoms with Gasteiger partial charge in [0, 0.05) is 7.05 Å². The first-order chi connectivity index (χ1) is 15.5. The van der Waals surface area contributed by atoms with E-state index in [9.17, 15) is 0 Å². The third-order valence-corrected chi connectivity index (χ3v) is 5.15. The topological polar surface area (TPSA) is 85.6 Å². The number of aryl methyl sites for hydroxylation is 2. The van der Waals surface area contributed by atoms with Gasteiger partial charge in [-0.1, -0.05) is 30.3 Å². The number of nitrogens with zero attached hydrogens (tertiary/aromatic N) is 4. The van der Waals surface area contributed by atoms with Crippen molar-refractivity contribution in [1.29, 1.82) is 0 Å². The minimum Gasteiger partial charge on any atom is -0.497 e. The molecule has 0 saturated heterocycles. The van der Waals surface area contributed by atoms with Gasteiger partial charge in [-0.2, -0.15) is 0 Å². The second-order valence-electron chi connectivity index (χ2n) is 7.66. The van der Waals surface area contributed by atoms with Crippen LogP contribution in [0.1, 0.15) is 29.7 Å². The first-order valence-corrected chi connectivity index (χ1v) is 10.7. The largest absolute Gasteiger partial charge is 0.497 e. The first kappa shape index (κ1) is 26.4. The van der Waals surface area contributed by atoms with E-state index in [2.05, 4.69) is 20.8 Å². The van der Waals surface area contributed by atoms with Gasteiger partial charge < -0.3 is 24.7 Å². The lowest BCUT2D eigenvalue weighted by Crippen LogP contribution is -2.42. The van der Waals surface area contributed by atoms with Crippen LogP contribution in [0.5, 0.6) is 11.5 Å². The standard InChI is InChI=1S/C24H32N6O2.HI/c1-17-8-6-7-9-22(17)32-18(2)14-25-24(27-16-23-29-28-19(3)30(23)4)26-15-20-10-12-21(31-5)13-11-20;/h6-13,18H,14-16H2,1-5H3,(H2,25,26,27);1H. The van der Waals surface area contributed by atoms with Crippen LogP contribution in [-0.4, -0.2) is 40.5 Å². The molecule has 178 valence electrons. The molecule has 9 heteroatoms. The fourth-order valence-electron chi connectivity index (χ4n) is 3.03. The quantitative estimate of drug-likeness (QED) is 0.234. The van der Waals surface area contributed by atoms with E-state index in [0.29, 0.717) is 25.6 Å². The molecule has 0 aliphatic heterocycles. The van der Waals surface area contributed by atoms with Gasteiger partial charge in [0.25, 0.3) is 0 Å². The van der Waals surface area contributed by atoms with Crippen LogP contribution in [-0.2, 0) is 20.1 Å². The van der Waals surface area contributed by atoms with Crippen LogP contribution in [0.4, 0.5) is 0 Å². The number of guanidine groups is 1. The maximum atomic E-state index is 6.08. The van der Waals surface area contributed by atoms with E-state index in [0.717, 1.165) is 34.3 Å². The molecule has 2 N–H and O–H groups in total. The van der Waals surface area contributed by atoms with E-state index >= 15 is 0 Å². The summed E-state index contributed by atoms with van der Waals surface area (Å²) in [5.74, 6) is 4.11. The van der Waals surface area contributed by atoms with Crippen molar-refractivity contribution in [3.05, 3.63) is 71.3 Å². The number of benzene rings is 2. The Balaban J connectivity index is 0.00000385. The van der Waals surface area contributed by atoms with E-state index in [4.69, 9.17) is 14.5 Å². The summed E-state index contributed by atoms with van der Waals surface area (Å²) in [6, 6.07) is 15.9. The number of rotatable bonds is 9. The van der Waals surface area contributed by atoms with Crippen molar-refractivity contribution in [2.75, 3.05) is 13.7 Å². The number of aliphatic imine (C=N–C) groups is 1. The molecule has 2 aromatic carbocycles. The first-order valence-electron chi connectivity index (χ1n) is 10.7. The molecule has 1 heterocycles. The molecule has 0 amide bonds. The van der Waals surface area contributed by atoms with Crippen LogP contribution in [0, 0.1) is 13.8 Å². The number of halogens is 1. The molecule has 0 aliphatic carbocycles. The van der Waals surface area contributed by atoms with Crippen molar-refractivity contribution in [1.82, 2.24) is 25.4 Å². The lowest BCUT2D eigenvalue weighted by Gasteiger charge is -2.19. The van der Waals surface area contributed by atoms with Gasteiger partial charge in [0.15, 0.2) is 11.8 Å². The smallest absolute Gasteiger partial charge is 0.192 e. The number of nitrogens with one attached hydrogen (secondary N) is 2. The second-order valence-corrected chi connectivity index (χ2v) is 7.66. The Kier molecular flexibility index (Phi) is 10.4. The number of hydrogen-bond donors (Lipinski definition) is 2. The molecule has 33 heavy (non-hydrogen) atoms. The normalized spacial score (nSPS) is 12.0. The second kappa shape index (κ2) is 13.0. The van der Waals surface area contributed by atoms with Crippen LogP contribution in [0.15, 0.2) is 53.5 Å². The highest BCUT2D eigenvalue weighted by molar-refractivity contribution is 14.0. The molecule has 0 radical (unpaired) electrons. The summed E-state index contributed by atoms with van der Waals surface area (Å²) in [4.78, 5) is 4.74. The zero-order chi connectivity index (χ0) is 22.9. The molecule has 1 atom stereocenters. The summed E-state index contributed by atoms with van der Waals surface area (Å²) in [5.41, 5.74) is 2.20. The van der Waals surface area contributed by atoms with E-state index in [1.807, 2.05) is 80.9 Å². The average molecular weight is 564 g/mol. The van der Waals surface area contributed by atoms with Crippen molar-refractivity contribution in [2.45, 2.75) is 40.0 Å². The Labute approximate surface area is 212 Å². The molecule has 0 bridgehead atoms. The lowest BCUT2D eigenvalue weighted by molar-refractivity contribution is 0.222. The molecule has 0 spiro atoms. The van der Waals surface area contributed by atoms with Gasteiger partial charge in [0.1, 0.15) is 23.4 Å². The fraction of sp³-hybridized carbons (Fsp3) is 0.375. The molecule has 3 aromatic rings. The Bertz CT molecular complexity index is 1040. The molecular formula is C24H33IN6O2.